The highest BCUT2D eigenvalue weighted by Gasteiger charge is 2.20. The molecule has 1 saturated heterocycles. The van der Waals surface area contributed by atoms with Crippen LogP contribution in [0.4, 0.5) is 5.95 Å². The van der Waals surface area contributed by atoms with Gasteiger partial charge in [0.2, 0.25) is 5.95 Å². The molecular formula is C19H25N5O. The second-order valence-corrected chi connectivity index (χ2v) is 6.25. The lowest BCUT2D eigenvalue weighted by Gasteiger charge is -2.34. The van der Waals surface area contributed by atoms with E-state index in [0.29, 0.717) is 18.2 Å². The number of nitrogens with one attached hydrogen (secondary N) is 1. The van der Waals surface area contributed by atoms with Gasteiger partial charge in [-0.1, -0.05) is 37.3 Å². The molecule has 0 unspecified atom stereocenters. The van der Waals surface area contributed by atoms with Crippen molar-refractivity contribution < 1.29 is 4.79 Å². The molecule has 2 aromatic rings. The van der Waals surface area contributed by atoms with Crippen LogP contribution in [0.3, 0.4) is 0 Å². The minimum atomic E-state index is -0.131. The number of hydrogen-bond donors (Lipinski definition) is 1. The number of amides is 1. The van der Waals surface area contributed by atoms with E-state index >= 15 is 0 Å². The second-order valence-electron chi connectivity index (χ2n) is 6.25. The fourth-order valence-corrected chi connectivity index (χ4v) is 2.90. The summed E-state index contributed by atoms with van der Waals surface area (Å²) >= 11 is 0. The molecule has 132 valence electrons. The van der Waals surface area contributed by atoms with E-state index in [-0.39, 0.29) is 5.91 Å². The van der Waals surface area contributed by atoms with Crippen LogP contribution in [0.5, 0.6) is 0 Å². The van der Waals surface area contributed by atoms with Crippen LogP contribution in [0.25, 0.3) is 0 Å². The monoisotopic (exact) mass is 339 g/mol. The number of anilines is 1. The van der Waals surface area contributed by atoms with E-state index in [4.69, 9.17) is 0 Å². The number of nitrogens with zero attached hydrogens (tertiary/aromatic N) is 4. The molecule has 0 bridgehead atoms. The largest absolute Gasteiger partial charge is 0.351 e. The molecule has 1 aliphatic heterocycles. The van der Waals surface area contributed by atoms with Gasteiger partial charge in [0.25, 0.3) is 5.91 Å². The fourth-order valence-electron chi connectivity index (χ4n) is 2.90. The van der Waals surface area contributed by atoms with E-state index in [1.165, 1.54) is 5.56 Å². The van der Waals surface area contributed by atoms with Gasteiger partial charge in [0.05, 0.1) is 0 Å². The van der Waals surface area contributed by atoms with Crippen LogP contribution in [-0.4, -0.2) is 53.5 Å². The predicted molar refractivity (Wildman–Crippen MR) is 98.6 cm³/mol. The first-order valence-corrected chi connectivity index (χ1v) is 8.88. The summed E-state index contributed by atoms with van der Waals surface area (Å²) in [7, 11) is 0. The van der Waals surface area contributed by atoms with Crippen LogP contribution < -0.4 is 10.2 Å². The van der Waals surface area contributed by atoms with Gasteiger partial charge in [-0.2, -0.15) is 0 Å². The molecule has 1 aliphatic rings. The normalized spacial score (nSPS) is 15.2. The van der Waals surface area contributed by atoms with Gasteiger partial charge in [-0.05, 0) is 18.1 Å². The number of rotatable bonds is 6. The summed E-state index contributed by atoms with van der Waals surface area (Å²) in [5.74, 6) is 0.511. The van der Waals surface area contributed by atoms with Crippen LogP contribution >= 0.6 is 0 Å². The first kappa shape index (κ1) is 17.4. The molecule has 0 aliphatic carbocycles. The molecule has 1 fully saturated rings. The number of aromatic nitrogens is 2. The molecule has 2 heterocycles. The number of piperazine rings is 1. The van der Waals surface area contributed by atoms with Crippen molar-refractivity contribution in [1.29, 1.82) is 0 Å². The standard InChI is InChI=1S/C19H25N5O/c1-2-9-20-18(25)17-8-10-21-19(22-17)24-13-11-23(12-14-24)15-16-6-4-3-5-7-16/h3-8,10H,2,9,11-15H2,1H3,(H,20,25). The lowest BCUT2D eigenvalue weighted by atomic mass is 10.2. The number of hydrogen-bond acceptors (Lipinski definition) is 5. The molecule has 3 rings (SSSR count). The highest BCUT2D eigenvalue weighted by Crippen LogP contribution is 2.13. The molecule has 25 heavy (non-hydrogen) atoms. The zero-order valence-corrected chi connectivity index (χ0v) is 14.7. The Kier molecular flexibility index (Phi) is 5.95. The van der Waals surface area contributed by atoms with Crippen LogP contribution in [0, 0.1) is 0 Å². The molecular weight excluding hydrogens is 314 g/mol. The number of benzene rings is 1. The Morgan fingerprint density at radius 3 is 2.60 bits per heavy atom. The van der Waals surface area contributed by atoms with Crippen LogP contribution in [-0.2, 0) is 6.54 Å². The fraction of sp³-hybridized carbons (Fsp3) is 0.421. The highest BCUT2D eigenvalue weighted by atomic mass is 16.1. The van der Waals surface area contributed by atoms with Crippen LogP contribution in [0.15, 0.2) is 42.6 Å². The Morgan fingerprint density at radius 2 is 1.88 bits per heavy atom. The minimum Gasteiger partial charge on any atom is -0.351 e. The third-order valence-corrected chi connectivity index (χ3v) is 4.32. The Morgan fingerprint density at radius 1 is 1.12 bits per heavy atom. The summed E-state index contributed by atoms with van der Waals surface area (Å²) in [6.07, 6.45) is 2.58. The van der Waals surface area contributed by atoms with Gasteiger partial charge in [0.1, 0.15) is 5.69 Å². The summed E-state index contributed by atoms with van der Waals surface area (Å²) in [6.45, 7) is 7.32. The molecule has 1 aromatic heterocycles. The van der Waals surface area contributed by atoms with E-state index in [1.54, 1.807) is 12.3 Å². The lowest BCUT2D eigenvalue weighted by molar-refractivity contribution is 0.0948. The Balaban J connectivity index is 1.56. The molecule has 6 nitrogen and oxygen atoms in total. The maximum absolute atomic E-state index is 12.1. The molecule has 1 amide bonds. The SMILES string of the molecule is CCCNC(=O)c1ccnc(N2CCN(Cc3ccccc3)CC2)n1. The number of carbonyl (C=O) groups excluding carboxylic acids is 1. The molecule has 0 atom stereocenters. The minimum absolute atomic E-state index is 0.131. The van der Waals surface area contributed by atoms with Gasteiger partial charge in [-0.25, -0.2) is 9.97 Å². The van der Waals surface area contributed by atoms with E-state index in [0.717, 1.165) is 39.1 Å². The molecule has 1 N–H and O–H groups in total. The number of carbonyl (C=O) groups is 1. The zero-order chi connectivity index (χ0) is 17.5. The van der Waals surface area contributed by atoms with E-state index in [2.05, 4.69) is 49.4 Å². The summed E-state index contributed by atoms with van der Waals surface area (Å²) in [5, 5.41) is 2.86. The zero-order valence-electron chi connectivity index (χ0n) is 14.7. The summed E-state index contributed by atoms with van der Waals surface area (Å²) in [6, 6.07) is 12.2. The van der Waals surface area contributed by atoms with Crippen LogP contribution in [0.1, 0.15) is 29.4 Å². The van der Waals surface area contributed by atoms with Crippen molar-refractivity contribution in [3.8, 4) is 0 Å². The van der Waals surface area contributed by atoms with E-state index < -0.39 is 0 Å². The topological polar surface area (TPSA) is 61.4 Å². The second kappa shape index (κ2) is 8.58. The van der Waals surface area contributed by atoms with Gasteiger partial charge in [0.15, 0.2) is 0 Å². The van der Waals surface area contributed by atoms with Crippen molar-refractivity contribution in [1.82, 2.24) is 20.2 Å². The summed E-state index contributed by atoms with van der Waals surface area (Å²) in [4.78, 5) is 25.4. The Labute approximate surface area is 148 Å². The quantitative estimate of drug-likeness (QED) is 0.871. The van der Waals surface area contributed by atoms with E-state index in [1.807, 2.05) is 13.0 Å². The molecule has 1 aromatic carbocycles. The average molecular weight is 339 g/mol. The van der Waals surface area contributed by atoms with Crippen molar-refractivity contribution in [3.63, 3.8) is 0 Å². The van der Waals surface area contributed by atoms with Crippen molar-refractivity contribution >= 4 is 11.9 Å². The Bertz CT molecular complexity index is 683. The third-order valence-electron chi connectivity index (χ3n) is 4.32. The highest BCUT2D eigenvalue weighted by molar-refractivity contribution is 5.92. The Hall–Kier alpha value is -2.47. The van der Waals surface area contributed by atoms with Gasteiger partial charge in [-0.15, -0.1) is 0 Å². The molecule has 0 spiro atoms. The van der Waals surface area contributed by atoms with Gasteiger partial charge in [-0.3, -0.25) is 9.69 Å². The van der Waals surface area contributed by atoms with Crippen molar-refractivity contribution in [2.75, 3.05) is 37.6 Å². The maximum atomic E-state index is 12.1. The first-order chi connectivity index (χ1) is 12.3. The molecule has 0 radical (unpaired) electrons. The van der Waals surface area contributed by atoms with Crippen molar-refractivity contribution in [2.24, 2.45) is 0 Å². The lowest BCUT2D eigenvalue weighted by Crippen LogP contribution is -2.46. The summed E-state index contributed by atoms with van der Waals surface area (Å²) in [5.41, 5.74) is 1.77. The smallest absolute Gasteiger partial charge is 0.270 e. The molecule has 6 heteroatoms. The van der Waals surface area contributed by atoms with Crippen LogP contribution in [0.2, 0.25) is 0 Å². The van der Waals surface area contributed by atoms with Crippen molar-refractivity contribution in [2.45, 2.75) is 19.9 Å². The van der Waals surface area contributed by atoms with E-state index in [9.17, 15) is 4.79 Å². The predicted octanol–water partition coefficient (Wildman–Crippen LogP) is 1.94. The first-order valence-electron chi connectivity index (χ1n) is 8.88. The van der Waals surface area contributed by atoms with Gasteiger partial charge in [0, 0.05) is 45.5 Å². The van der Waals surface area contributed by atoms with Crippen molar-refractivity contribution in [3.05, 3.63) is 53.9 Å². The van der Waals surface area contributed by atoms with Gasteiger partial charge >= 0.3 is 0 Å². The molecule has 0 saturated carbocycles. The average Bonchev–Trinajstić information content (AvgIpc) is 2.67. The van der Waals surface area contributed by atoms with Gasteiger partial charge < -0.3 is 10.2 Å². The third kappa shape index (κ3) is 4.76. The summed E-state index contributed by atoms with van der Waals surface area (Å²) < 4.78 is 0. The maximum Gasteiger partial charge on any atom is 0.270 e.